The molecule has 0 aliphatic carbocycles. The van der Waals surface area contributed by atoms with Crippen molar-refractivity contribution in [2.45, 2.75) is 0 Å². The molecule has 0 radical (unpaired) electrons. The fourth-order valence-corrected chi connectivity index (χ4v) is 1.06. The van der Waals surface area contributed by atoms with Crippen LogP contribution in [0.15, 0.2) is 0 Å². The van der Waals surface area contributed by atoms with E-state index in [-0.39, 0.29) is 70.6 Å². The third-order valence-electron chi connectivity index (χ3n) is 0.842. The van der Waals surface area contributed by atoms with E-state index in [1.807, 2.05) is 0 Å². The molecule has 0 aromatic rings. The number of Topliss-reactive ketones (excluding diaryl/α,β-unsaturated/α-hetero) is 1. The number of amides is 1. The Labute approximate surface area is 125 Å². The number of carbonyl (C=O) groups excluding carboxylic acids is 2. The van der Waals surface area contributed by atoms with Crippen LogP contribution in [0.5, 0.6) is 0 Å². The summed E-state index contributed by atoms with van der Waals surface area (Å²) in [7, 11) is -4.39. The van der Waals surface area contributed by atoms with Crippen LogP contribution in [0.3, 0.4) is 0 Å². The molecular weight excluding hydrogens is 235 g/mol. The van der Waals surface area contributed by atoms with Gasteiger partial charge in [0.15, 0.2) is 5.78 Å². The van der Waals surface area contributed by atoms with E-state index in [0.717, 1.165) is 0 Å². The molecule has 0 saturated heterocycles. The molecule has 0 saturated carbocycles. The van der Waals surface area contributed by atoms with Gasteiger partial charge in [-0.2, -0.15) is 0 Å². The van der Waals surface area contributed by atoms with Gasteiger partial charge >= 0.3 is 66.7 Å². The minimum absolute atomic E-state index is 0. The fourth-order valence-electron chi connectivity index (χ4n) is 0.498. The van der Waals surface area contributed by atoms with Crippen LogP contribution in [-0.4, -0.2) is 104 Å². The molecule has 0 spiro atoms. The van der Waals surface area contributed by atoms with Crippen LogP contribution in [0.1, 0.15) is 0 Å². The molecule has 0 rings (SSSR count). The van der Waals surface area contributed by atoms with Crippen LogP contribution in [-0.2, 0) is 14.2 Å². The van der Waals surface area contributed by atoms with Crippen molar-refractivity contribution in [3.8, 4) is 0 Å². The molecule has 0 aliphatic heterocycles. The van der Waals surface area contributed by atoms with Gasteiger partial charge in [-0.05, 0) is 0 Å². The van der Waals surface area contributed by atoms with Gasteiger partial charge in [0.25, 0.3) is 0 Å². The van der Waals surface area contributed by atoms with Gasteiger partial charge in [-0.25, -0.2) is 5.06 Å². The zero-order chi connectivity index (χ0) is 9.78. The normalized spacial score (nSPS) is 9.36. The van der Waals surface area contributed by atoms with Crippen LogP contribution in [0.4, 0.5) is 0 Å². The Balaban J connectivity index is -0.000000605. The van der Waals surface area contributed by atoms with Gasteiger partial charge in [0, 0.05) is 0 Å². The van der Waals surface area contributed by atoms with Gasteiger partial charge in [-0.1, -0.05) is 0 Å². The van der Waals surface area contributed by atoms with Crippen molar-refractivity contribution in [2.24, 2.45) is 0 Å². The summed E-state index contributed by atoms with van der Waals surface area (Å²) >= 11 is 0. The third kappa shape index (κ3) is 13.2. The molecule has 10 heteroatoms. The van der Waals surface area contributed by atoms with E-state index in [2.05, 4.69) is 0 Å². The fraction of sp³-hybridized carbons (Fsp3) is 0.500. The van der Waals surface area contributed by atoms with E-state index < -0.39 is 26.1 Å². The van der Waals surface area contributed by atoms with E-state index in [1.165, 1.54) is 0 Å². The first-order chi connectivity index (χ1) is 5.35. The van der Waals surface area contributed by atoms with Gasteiger partial charge < -0.3 is 9.79 Å². The Morgan fingerprint density at radius 3 is 2.07 bits per heavy atom. The molecule has 14 heavy (non-hydrogen) atoms. The number of hydrogen-bond acceptors (Lipinski definition) is 4. The summed E-state index contributed by atoms with van der Waals surface area (Å²) in [5.41, 5.74) is 0. The van der Waals surface area contributed by atoms with E-state index in [0.29, 0.717) is 0 Å². The van der Waals surface area contributed by atoms with Crippen molar-refractivity contribution in [1.82, 2.24) is 5.06 Å². The van der Waals surface area contributed by atoms with Gasteiger partial charge in [0.1, 0.15) is 12.7 Å². The summed E-state index contributed by atoms with van der Waals surface area (Å²) in [4.78, 5) is 36.9. The number of hydrogen-bond donors (Lipinski definition) is 3. The summed E-state index contributed by atoms with van der Waals surface area (Å²) in [5, 5.41) is 8.43. The summed E-state index contributed by atoms with van der Waals surface area (Å²) in [5.74, 6) is -0.905. The van der Waals surface area contributed by atoms with E-state index in [4.69, 9.17) is 15.0 Å². The minimum atomic E-state index is -4.39. The first kappa shape index (κ1) is 20.6. The zero-order valence-corrected chi connectivity index (χ0v) is 6.85. The van der Waals surface area contributed by atoms with Crippen molar-refractivity contribution in [2.75, 3.05) is 12.7 Å². The Kier molecular flexibility index (Phi) is 14.0. The van der Waals surface area contributed by atoms with Crippen molar-refractivity contribution in [3.63, 3.8) is 0 Å². The average Bonchev–Trinajstić information content (AvgIpc) is 1.82. The van der Waals surface area contributed by atoms with Crippen LogP contribution in [0.2, 0.25) is 0 Å². The predicted octanol–water partition coefficient (Wildman–Crippen LogP) is -2.72. The predicted molar refractivity (Wildman–Crippen MR) is 50.8 cm³/mol. The van der Waals surface area contributed by atoms with Crippen molar-refractivity contribution in [3.05, 3.63) is 0 Å². The van der Waals surface area contributed by atoms with Crippen molar-refractivity contribution >= 4 is 78.9 Å². The molecule has 0 unspecified atom stereocenters. The standard InChI is InChI=1S/C4H8NO6P.2Na.2H/c6-3-5(8)1-4(7)2-12(9,10)11;;;;/h3,8H,1-2H2,(H2,9,10,11);;;;. The number of rotatable bonds is 5. The second-order valence-electron chi connectivity index (χ2n) is 2.06. The molecule has 0 atom stereocenters. The Hall–Kier alpha value is 1.25. The number of nitrogens with zero attached hydrogens (tertiary/aromatic N) is 1. The number of hydroxylamine groups is 2. The number of carbonyl (C=O) groups is 2. The van der Waals surface area contributed by atoms with E-state index >= 15 is 0 Å². The van der Waals surface area contributed by atoms with Crippen LogP contribution in [0, 0.1) is 0 Å². The summed E-state index contributed by atoms with van der Waals surface area (Å²) < 4.78 is 10.2. The first-order valence-electron chi connectivity index (χ1n) is 2.82. The molecule has 3 N–H and O–H groups in total. The SMILES string of the molecule is O=CN(O)CC(=O)CP(=O)(O)O.[NaH].[NaH]. The van der Waals surface area contributed by atoms with Crippen molar-refractivity contribution < 1.29 is 29.1 Å². The number of ketones is 1. The molecule has 7 nitrogen and oxygen atoms in total. The Morgan fingerprint density at radius 2 is 1.79 bits per heavy atom. The van der Waals surface area contributed by atoms with Crippen molar-refractivity contribution in [1.29, 1.82) is 0 Å². The quantitative estimate of drug-likeness (QED) is 0.159. The summed E-state index contributed by atoms with van der Waals surface area (Å²) in [6, 6.07) is 0. The second-order valence-corrected chi connectivity index (χ2v) is 3.71. The van der Waals surface area contributed by atoms with Gasteiger partial charge in [0.2, 0.25) is 6.41 Å². The molecule has 0 bridgehead atoms. The van der Waals surface area contributed by atoms with Gasteiger partial charge in [-0.15, -0.1) is 0 Å². The molecule has 1 amide bonds. The summed E-state index contributed by atoms with van der Waals surface area (Å²) in [6.07, 6.45) is -1.00. The monoisotopic (exact) mass is 245 g/mol. The maximum absolute atomic E-state index is 10.6. The topological polar surface area (TPSA) is 115 Å². The molecule has 0 fully saturated rings. The summed E-state index contributed by atoms with van der Waals surface area (Å²) in [6.45, 7) is -0.714. The van der Waals surface area contributed by atoms with E-state index in [1.54, 1.807) is 0 Å². The second kappa shape index (κ2) is 9.47. The van der Waals surface area contributed by atoms with Crippen LogP contribution >= 0.6 is 7.60 Å². The molecule has 0 aromatic carbocycles. The third-order valence-corrected chi connectivity index (χ3v) is 1.61. The maximum atomic E-state index is 10.6. The first-order valence-corrected chi connectivity index (χ1v) is 4.62. The van der Waals surface area contributed by atoms with Crippen LogP contribution < -0.4 is 0 Å². The Morgan fingerprint density at radius 1 is 1.36 bits per heavy atom. The average molecular weight is 245 g/mol. The Bertz CT molecular complexity index is 230. The molecule has 0 heterocycles. The molecule has 0 aliphatic rings. The van der Waals surface area contributed by atoms with E-state index in [9.17, 15) is 14.2 Å². The molecular formula is C4H10NNa2O6P. The van der Waals surface area contributed by atoms with Gasteiger partial charge in [0.05, 0.1) is 0 Å². The van der Waals surface area contributed by atoms with Gasteiger partial charge in [-0.3, -0.25) is 19.4 Å². The zero-order valence-electron chi connectivity index (χ0n) is 5.95. The molecule has 0 aromatic heterocycles. The molecule has 74 valence electrons. The van der Waals surface area contributed by atoms with Crippen LogP contribution in [0.25, 0.3) is 0 Å².